The molecule has 0 radical (unpaired) electrons. The highest BCUT2D eigenvalue weighted by Crippen LogP contribution is 2.33. The van der Waals surface area contributed by atoms with E-state index in [1.807, 2.05) is 19.1 Å². The first-order valence-electron chi connectivity index (χ1n) is 10.6. The molecule has 0 spiro atoms. The molecule has 5 rings (SSSR count). The highest BCUT2D eigenvalue weighted by Gasteiger charge is 2.37. The van der Waals surface area contributed by atoms with Crippen molar-refractivity contribution in [1.82, 2.24) is 15.6 Å². The smallest absolute Gasteiger partial charge is 0.263 e. The molecule has 8 heteroatoms. The SMILES string of the molecule is Cc1ccc2c(N)c(C(=O)NCCc3ccc(N4CC[C@H]5NCC[C@H]54)cc3)sc2n1.Cl. The maximum Gasteiger partial charge on any atom is 0.263 e. The summed E-state index contributed by atoms with van der Waals surface area (Å²) in [5.74, 6) is -0.124. The Morgan fingerprint density at radius 3 is 2.87 bits per heavy atom. The number of nitrogens with zero attached hydrogens (tertiary/aromatic N) is 2. The lowest BCUT2D eigenvalue weighted by molar-refractivity contribution is 0.0959. The van der Waals surface area contributed by atoms with E-state index in [9.17, 15) is 4.79 Å². The van der Waals surface area contributed by atoms with E-state index < -0.39 is 0 Å². The highest BCUT2D eigenvalue weighted by atomic mass is 35.5. The summed E-state index contributed by atoms with van der Waals surface area (Å²) in [4.78, 5) is 21.0. The van der Waals surface area contributed by atoms with Gasteiger partial charge in [-0.2, -0.15) is 0 Å². The van der Waals surface area contributed by atoms with Crippen molar-refractivity contribution in [3.8, 4) is 0 Å². The largest absolute Gasteiger partial charge is 0.397 e. The van der Waals surface area contributed by atoms with Gasteiger partial charge >= 0.3 is 0 Å². The number of nitrogen functional groups attached to an aromatic ring is 1. The monoisotopic (exact) mass is 457 g/mol. The van der Waals surface area contributed by atoms with Gasteiger partial charge in [0.05, 0.1) is 5.69 Å². The fourth-order valence-electron chi connectivity index (χ4n) is 4.70. The van der Waals surface area contributed by atoms with Crippen molar-refractivity contribution in [3.63, 3.8) is 0 Å². The summed E-state index contributed by atoms with van der Waals surface area (Å²) in [6, 6.07) is 13.9. The number of aryl methyl sites for hydroxylation is 1. The van der Waals surface area contributed by atoms with E-state index in [1.165, 1.54) is 35.4 Å². The van der Waals surface area contributed by atoms with E-state index >= 15 is 0 Å². The number of fused-ring (bicyclic) bond motifs is 2. The second kappa shape index (κ2) is 9.02. The molecule has 2 aromatic heterocycles. The third-order valence-electron chi connectivity index (χ3n) is 6.30. The quantitative estimate of drug-likeness (QED) is 0.546. The molecule has 4 heterocycles. The summed E-state index contributed by atoms with van der Waals surface area (Å²) < 4.78 is 0. The van der Waals surface area contributed by atoms with E-state index in [4.69, 9.17) is 5.73 Å². The Balaban J connectivity index is 0.00000231. The maximum atomic E-state index is 12.6. The molecule has 1 amide bonds. The summed E-state index contributed by atoms with van der Waals surface area (Å²) in [6.45, 7) is 4.77. The maximum absolute atomic E-state index is 12.6. The molecule has 2 fully saturated rings. The van der Waals surface area contributed by atoms with Gasteiger partial charge in [0.2, 0.25) is 0 Å². The topological polar surface area (TPSA) is 83.3 Å². The number of benzene rings is 1. The molecule has 4 N–H and O–H groups in total. The Bertz CT molecular complexity index is 1080. The molecule has 0 saturated carbocycles. The van der Waals surface area contributed by atoms with Gasteiger partial charge in [0.25, 0.3) is 5.91 Å². The fraction of sp³-hybridized carbons (Fsp3) is 0.391. The average molecular weight is 458 g/mol. The minimum Gasteiger partial charge on any atom is -0.397 e. The van der Waals surface area contributed by atoms with Crippen LogP contribution in [-0.4, -0.2) is 42.6 Å². The Kier molecular flexibility index (Phi) is 6.36. The van der Waals surface area contributed by atoms with Crippen LogP contribution in [0.25, 0.3) is 10.2 Å². The number of hydrogen-bond acceptors (Lipinski definition) is 6. The number of nitrogens with two attached hydrogens (primary N) is 1. The van der Waals surface area contributed by atoms with Crippen LogP contribution in [0.3, 0.4) is 0 Å². The number of aromatic nitrogens is 1. The van der Waals surface area contributed by atoms with Gasteiger partial charge in [-0.3, -0.25) is 4.79 Å². The van der Waals surface area contributed by atoms with Gasteiger partial charge in [0.1, 0.15) is 9.71 Å². The predicted molar refractivity (Wildman–Crippen MR) is 131 cm³/mol. The molecule has 2 aliphatic heterocycles. The Morgan fingerprint density at radius 1 is 1.26 bits per heavy atom. The van der Waals surface area contributed by atoms with Crippen molar-refractivity contribution in [3.05, 3.63) is 52.5 Å². The molecule has 6 nitrogen and oxygen atoms in total. The van der Waals surface area contributed by atoms with E-state index in [2.05, 4.69) is 44.8 Å². The minimum absolute atomic E-state index is 0. The third-order valence-corrected chi connectivity index (χ3v) is 7.41. The number of carbonyl (C=O) groups is 1. The molecule has 2 aliphatic rings. The summed E-state index contributed by atoms with van der Waals surface area (Å²) in [5.41, 5.74) is 10.2. The van der Waals surface area contributed by atoms with Crippen molar-refractivity contribution in [2.45, 2.75) is 38.3 Å². The molecular weight excluding hydrogens is 430 g/mol. The molecule has 1 aromatic carbocycles. The summed E-state index contributed by atoms with van der Waals surface area (Å²) >= 11 is 1.36. The van der Waals surface area contributed by atoms with Crippen LogP contribution in [0.4, 0.5) is 11.4 Å². The Morgan fingerprint density at radius 2 is 2.06 bits per heavy atom. The first-order chi connectivity index (χ1) is 14.6. The lowest BCUT2D eigenvalue weighted by Gasteiger charge is -2.25. The van der Waals surface area contributed by atoms with E-state index in [0.29, 0.717) is 29.2 Å². The molecule has 3 aromatic rings. The van der Waals surface area contributed by atoms with Crippen molar-refractivity contribution in [1.29, 1.82) is 0 Å². The van der Waals surface area contributed by atoms with E-state index in [-0.39, 0.29) is 18.3 Å². The van der Waals surface area contributed by atoms with Crippen LogP contribution in [-0.2, 0) is 6.42 Å². The molecule has 31 heavy (non-hydrogen) atoms. The normalized spacial score (nSPS) is 20.0. The molecule has 2 saturated heterocycles. The van der Waals surface area contributed by atoms with Gasteiger partial charge in [0, 0.05) is 41.9 Å². The van der Waals surface area contributed by atoms with Gasteiger partial charge in [-0.25, -0.2) is 4.98 Å². The Labute approximate surface area is 192 Å². The van der Waals surface area contributed by atoms with Gasteiger partial charge in [-0.15, -0.1) is 23.7 Å². The lowest BCUT2D eigenvalue weighted by Crippen LogP contribution is -2.34. The number of nitrogens with one attached hydrogen (secondary N) is 2. The number of amides is 1. The molecular formula is C23H28ClN5OS. The molecule has 0 bridgehead atoms. The van der Waals surface area contributed by atoms with Gasteiger partial charge < -0.3 is 21.3 Å². The summed E-state index contributed by atoms with van der Waals surface area (Å²) in [6.07, 6.45) is 3.25. The molecule has 0 aliphatic carbocycles. The van der Waals surface area contributed by atoms with Crippen LogP contribution in [0, 0.1) is 6.92 Å². The number of hydrogen-bond donors (Lipinski definition) is 3. The first-order valence-corrected chi connectivity index (χ1v) is 11.4. The number of halogens is 1. The van der Waals surface area contributed by atoms with Crippen molar-refractivity contribution in [2.75, 3.05) is 30.3 Å². The molecule has 2 atom stereocenters. The second-order valence-corrected chi connectivity index (χ2v) is 9.22. The number of carbonyl (C=O) groups excluding carboxylic acids is 1. The number of anilines is 2. The summed E-state index contributed by atoms with van der Waals surface area (Å²) in [5, 5.41) is 7.47. The average Bonchev–Trinajstić information content (AvgIpc) is 3.43. The minimum atomic E-state index is -0.124. The van der Waals surface area contributed by atoms with Crippen LogP contribution in [0.1, 0.15) is 33.8 Å². The van der Waals surface area contributed by atoms with Crippen molar-refractivity contribution in [2.24, 2.45) is 0 Å². The standard InChI is InChI=1S/C23H27N5OS.ClH/c1-14-2-7-17-20(24)21(30-23(17)27-14)22(29)26-11-8-15-3-5-16(6-4-15)28-13-10-18-19(28)9-12-25-18;/h2-7,18-19,25H,8-13,24H2,1H3,(H,26,29);1H/t18-,19-;/m1./s1. The van der Waals surface area contributed by atoms with Crippen LogP contribution in [0.2, 0.25) is 0 Å². The number of rotatable bonds is 5. The highest BCUT2D eigenvalue weighted by molar-refractivity contribution is 7.21. The van der Waals surface area contributed by atoms with Gasteiger partial charge in [0.15, 0.2) is 0 Å². The predicted octanol–water partition coefficient (Wildman–Crippen LogP) is 3.52. The van der Waals surface area contributed by atoms with Gasteiger partial charge in [-0.05, 0) is 62.6 Å². The van der Waals surface area contributed by atoms with Crippen molar-refractivity contribution >= 4 is 51.2 Å². The van der Waals surface area contributed by atoms with Crippen LogP contribution < -0.4 is 21.3 Å². The zero-order valence-electron chi connectivity index (χ0n) is 17.6. The van der Waals surface area contributed by atoms with Crippen LogP contribution >= 0.6 is 23.7 Å². The number of pyridine rings is 1. The molecule has 0 unspecified atom stereocenters. The van der Waals surface area contributed by atoms with Gasteiger partial charge in [-0.1, -0.05) is 12.1 Å². The summed E-state index contributed by atoms with van der Waals surface area (Å²) in [7, 11) is 0. The third kappa shape index (κ3) is 4.22. The van der Waals surface area contributed by atoms with E-state index in [1.54, 1.807) is 0 Å². The van der Waals surface area contributed by atoms with Crippen molar-refractivity contribution < 1.29 is 4.79 Å². The zero-order valence-corrected chi connectivity index (χ0v) is 19.2. The zero-order chi connectivity index (χ0) is 20.7. The Hall–Kier alpha value is -2.35. The first kappa shape index (κ1) is 21.9. The van der Waals surface area contributed by atoms with Crippen LogP contribution in [0.15, 0.2) is 36.4 Å². The fourth-order valence-corrected chi connectivity index (χ4v) is 5.75. The number of thiophene rings is 1. The molecule has 164 valence electrons. The van der Waals surface area contributed by atoms with Crippen LogP contribution in [0.5, 0.6) is 0 Å². The lowest BCUT2D eigenvalue weighted by atomic mass is 10.1. The second-order valence-electron chi connectivity index (χ2n) is 8.22. The van der Waals surface area contributed by atoms with E-state index in [0.717, 1.165) is 35.4 Å².